The quantitative estimate of drug-likeness (QED) is 0.198. The SMILES string of the molecule is CC(C)(C)OC(=O)C(C)(C)OC(=O)c1cccc(C(CB2OC3C[C@@H]4C[C@@H](C4(C)C)[C@]3(C)O2)C(=O)OCc2ccccc2)c1O. The van der Waals surface area contributed by atoms with Crippen LogP contribution in [0.1, 0.15) is 95.6 Å². The molecule has 0 amide bonds. The lowest BCUT2D eigenvalue weighted by Crippen LogP contribution is -2.65. The highest BCUT2D eigenvalue weighted by Gasteiger charge is 2.68. The Morgan fingerprint density at radius 3 is 2.31 bits per heavy atom. The molecule has 0 spiro atoms. The molecule has 2 aromatic carbocycles. The van der Waals surface area contributed by atoms with Crippen LogP contribution < -0.4 is 0 Å². The highest BCUT2D eigenvalue weighted by atomic mass is 16.7. The van der Waals surface area contributed by atoms with Crippen LogP contribution in [0.2, 0.25) is 6.32 Å². The van der Waals surface area contributed by atoms with Crippen molar-refractivity contribution >= 4 is 25.0 Å². The number of rotatable bonds is 9. The molecule has 1 heterocycles. The maximum Gasteiger partial charge on any atom is 0.458 e. The van der Waals surface area contributed by atoms with Gasteiger partial charge in [-0.15, -0.1) is 0 Å². The summed E-state index contributed by atoms with van der Waals surface area (Å²) in [5.41, 5.74) is -1.96. The second-order valence-electron chi connectivity index (χ2n) is 14.9. The fraction of sp³-hybridized carbons (Fsp3) is 0.571. The lowest BCUT2D eigenvalue weighted by atomic mass is 9.43. The van der Waals surface area contributed by atoms with Gasteiger partial charge in [-0.2, -0.15) is 0 Å². The van der Waals surface area contributed by atoms with Crippen molar-refractivity contribution in [1.82, 2.24) is 0 Å². The van der Waals surface area contributed by atoms with Crippen LogP contribution in [0.3, 0.4) is 0 Å². The average Bonchev–Trinajstić information content (AvgIpc) is 3.30. The van der Waals surface area contributed by atoms with Gasteiger partial charge in [0.05, 0.1) is 17.6 Å². The topological polar surface area (TPSA) is 118 Å². The van der Waals surface area contributed by atoms with Crippen LogP contribution in [0.4, 0.5) is 0 Å². The summed E-state index contributed by atoms with van der Waals surface area (Å²) in [4.78, 5) is 39.8. The summed E-state index contributed by atoms with van der Waals surface area (Å²) in [7, 11) is -0.717. The van der Waals surface area contributed by atoms with E-state index >= 15 is 0 Å². The Labute approximate surface area is 266 Å². The van der Waals surface area contributed by atoms with Crippen LogP contribution in [0.25, 0.3) is 0 Å². The monoisotopic (exact) mass is 620 g/mol. The minimum absolute atomic E-state index is 0.0351. The molecule has 2 unspecified atom stereocenters. The van der Waals surface area contributed by atoms with Gasteiger partial charge in [0.2, 0.25) is 5.60 Å². The number of carbonyl (C=O) groups is 3. The molecule has 1 N–H and O–H groups in total. The largest absolute Gasteiger partial charge is 0.507 e. The van der Waals surface area contributed by atoms with Crippen molar-refractivity contribution in [2.75, 3.05) is 0 Å². The Morgan fingerprint density at radius 1 is 0.978 bits per heavy atom. The molecule has 1 aliphatic heterocycles. The van der Waals surface area contributed by atoms with Crippen LogP contribution in [0.15, 0.2) is 48.5 Å². The van der Waals surface area contributed by atoms with Gasteiger partial charge >= 0.3 is 25.0 Å². The van der Waals surface area contributed by atoms with Crippen molar-refractivity contribution in [3.63, 3.8) is 0 Å². The Bertz CT molecular complexity index is 1450. The molecule has 4 fully saturated rings. The molecule has 3 aliphatic carbocycles. The van der Waals surface area contributed by atoms with Crippen molar-refractivity contribution < 1.29 is 43.0 Å². The van der Waals surface area contributed by atoms with E-state index < -0.39 is 53.5 Å². The summed E-state index contributed by atoms with van der Waals surface area (Å²) < 4.78 is 29.7. The summed E-state index contributed by atoms with van der Waals surface area (Å²) in [6.07, 6.45) is 1.96. The fourth-order valence-corrected chi connectivity index (χ4v) is 7.16. The first-order valence-corrected chi connectivity index (χ1v) is 15.7. The molecular weight excluding hydrogens is 575 g/mol. The molecule has 2 bridgehead atoms. The van der Waals surface area contributed by atoms with Crippen molar-refractivity contribution in [1.29, 1.82) is 0 Å². The Morgan fingerprint density at radius 2 is 1.67 bits per heavy atom. The summed E-state index contributed by atoms with van der Waals surface area (Å²) in [5.74, 6) is -2.81. The molecule has 3 saturated carbocycles. The van der Waals surface area contributed by atoms with E-state index in [0.29, 0.717) is 11.8 Å². The first-order valence-electron chi connectivity index (χ1n) is 15.7. The van der Waals surface area contributed by atoms with Crippen LogP contribution in [0.5, 0.6) is 5.75 Å². The predicted molar refractivity (Wildman–Crippen MR) is 167 cm³/mol. The van der Waals surface area contributed by atoms with Gasteiger partial charge in [0, 0.05) is 5.56 Å². The van der Waals surface area contributed by atoms with Crippen molar-refractivity contribution in [2.24, 2.45) is 17.3 Å². The maximum absolute atomic E-state index is 13.7. The van der Waals surface area contributed by atoms with Crippen molar-refractivity contribution in [3.05, 3.63) is 65.2 Å². The highest BCUT2D eigenvalue weighted by Crippen LogP contribution is 2.66. The number of esters is 3. The van der Waals surface area contributed by atoms with E-state index in [-0.39, 0.29) is 35.6 Å². The van der Waals surface area contributed by atoms with E-state index in [2.05, 4.69) is 20.8 Å². The minimum Gasteiger partial charge on any atom is -0.507 e. The van der Waals surface area contributed by atoms with Gasteiger partial charge < -0.3 is 28.6 Å². The van der Waals surface area contributed by atoms with E-state index in [1.165, 1.54) is 19.9 Å². The molecule has 5 atom stereocenters. The van der Waals surface area contributed by atoms with Crippen LogP contribution in [-0.4, -0.2) is 53.0 Å². The number of carbonyl (C=O) groups excluding carboxylic acids is 3. The molecule has 45 heavy (non-hydrogen) atoms. The van der Waals surface area contributed by atoms with Gasteiger partial charge in [-0.1, -0.05) is 56.3 Å². The zero-order valence-electron chi connectivity index (χ0n) is 27.5. The molecule has 0 radical (unpaired) electrons. The van der Waals surface area contributed by atoms with Gasteiger partial charge in [-0.3, -0.25) is 4.79 Å². The first-order chi connectivity index (χ1) is 20.9. The third kappa shape index (κ3) is 6.50. The van der Waals surface area contributed by atoms with E-state index in [1.54, 1.807) is 32.9 Å². The fourth-order valence-electron chi connectivity index (χ4n) is 7.16. The number of hydrogen-bond acceptors (Lipinski definition) is 9. The van der Waals surface area contributed by atoms with E-state index in [4.69, 9.17) is 23.5 Å². The standard InChI is InChI=1S/C35H45BO9/c1-32(2,3)43-31(40)34(6,7)42-30(39)24-16-12-15-23(28(24)37)25(29(38)41-20-21-13-10-9-11-14-21)19-36-44-27-18-22-17-26(33(22,4)5)35(27,8)45-36/h9-16,22,25-27,37H,17-20H2,1-8H3/t22-,25?,26-,27?,35-/m0/s1. The third-order valence-electron chi connectivity index (χ3n) is 9.84. The smallest absolute Gasteiger partial charge is 0.458 e. The lowest BCUT2D eigenvalue weighted by Gasteiger charge is -2.64. The molecule has 0 aromatic heterocycles. The average molecular weight is 621 g/mol. The molecule has 2 aromatic rings. The number of para-hydroxylation sites is 1. The van der Waals surface area contributed by atoms with Gasteiger partial charge in [0.1, 0.15) is 23.5 Å². The summed E-state index contributed by atoms with van der Waals surface area (Å²) in [6.45, 7) is 14.7. The zero-order valence-corrected chi connectivity index (χ0v) is 27.5. The molecule has 242 valence electrons. The van der Waals surface area contributed by atoms with Crippen LogP contribution >= 0.6 is 0 Å². The zero-order chi connectivity index (χ0) is 32.9. The number of phenols is 1. The van der Waals surface area contributed by atoms with Gasteiger partial charge in [0.25, 0.3) is 0 Å². The Kier molecular flexibility index (Phi) is 8.64. The van der Waals surface area contributed by atoms with Crippen LogP contribution in [0, 0.1) is 17.3 Å². The van der Waals surface area contributed by atoms with Crippen molar-refractivity contribution in [2.45, 2.75) is 110 Å². The summed E-state index contributed by atoms with van der Waals surface area (Å²) in [6, 6.07) is 13.8. The summed E-state index contributed by atoms with van der Waals surface area (Å²) >= 11 is 0. The third-order valence-corrected chi connectivity index (χ3v) is 9.84. The summed E-state index contributed by atoms with van der Waals surface area (Å²) in [5, 5.41) is 11.4. The molecular formula is C35H45BO9. The lowest BCUT2D eigenvalue weighted by molar-refractivity contribution is -0.199. The van der Waals surface area contributed by atoms with E-state index in [9.17, 15) is 19.5 Å². The maximum atomic E-state index is 13.7. The van der Waals surface area contributed by atoms with E-state index in [0.717, 1.165) is 18.4 Å². The first kappa shape index (κ1) is 33.0. The molecule has 4 aliphatic rings. The highest BCUT2D eigenvalue weighted by molar-refractivity contribution is 6.46. The van der Waals surface area contributed by atoms with Gasteiger partial charge in [-0.25, -0.2) is 9.59 Å². The normalized spacial score (nSPS) is 25.9. The molecule has 1 saturated heterocycles. The molecule has 6 rings (SSSR count). The number of phenolic OH excluding ortho intramolecular Hbond substituents is 1. The number of ether oxygens (including phenoxy) is 3. The number of benzene rings is 2. The number of hydrogen-bond donors (Lipinski definition) is 1. The Balaban J connectivity index is 1.39. The number of aromatic hydroxyl groups is 1. The van der Waals surface area contributed by atoms with Crippen LogP contribution in [-0.2, 0) is 39.7 Å². The van der Waals surface area contributed by atoms with Gasteiger partial charge in [0.15, 0.2) is 0 Å². The van der Waals surface area contributed by atoms with Gasteiger partial charge in [-0.05, 0) is 89.6 Å². The Hall–Kier alpha value is -3.37. The predicted octanol–water partition coefficient (Wildman–Crippen LogP) is 6.22. The molecule has 9 nitrogen and oxygen atoms in total. The minimum atomic E-state index is -1.63. The second kappa shape index (κ2) is 11.8. The van der Waals surface area contributed by atoms with Crippen molar-refractivity contribution in [3.8, 4) is 5.75 Å². The second-order valence-corrected chi connectivity index (χ2v) is 14.9. The van der Waals surface area contributed by atoms with E-state index in [1.807, 2.05) is 30.3 Å². The molecule has 10 heteroatoms.